The fourth-order valence-corrected chi connectivity index (χ4v) is 4.13. The molecule has 2 aliphatic rings. The molecule has 1 fully saturated rings. The third-order valence-electron chi connectivity index (χ3n) is 6.02. The van der Waals surface area contributed by atoms with Crippen LogP contribution >= 0.6 is 0 Å². The Morgan fingerprint density at radius 2 is 2.00 bits per heavy atom. The Morgan fingerprint density at radius 3 is 2.81 bits per heavy atom. The molecule has 0 atom stereocenters. The molecule has 1 N–H and O–H groups in total. The molecule has 0 spiro atoms. The summed E-state index contributed by atoms with van der Waals surface area (Å²) < 4.78 is 7.67. The van der Waals surface area contributed by atoms with Crippen LogP contribution < -0.4 is 5.32 Å². The van der Waals surface area contributed by atoms with E-state index in [9.17, 15) is 4.79 Å². The van der Waals surface area contributed by atoms with Crippen molar-refractivity contribution in [3.63, 3.8) is 0 Å². The van der Waals surface area contributed by atoms with E-state index in [-0.39, 0.29) is 5.91 Å². The van der Waals surface area contributed by atoms with E-state index in [1.165, 1.54) is 0 Å². The average molecular weight is 431 g/mol. The second kappa shape index (κ2) is 8.55. The van der Waals surface area contributed by atoms with E-state index < -0.39 is 0 Å². The fraction of sp³-hybridized carbons (Fsp3) is 0.333. The lowest BCUT2D eigenvalue weighted by molar-refractivity contribution is 0.102. The molecule has 0 saturated carbocycles. The predicted molar refractivity (Wildman–Crippen MR) is 125 cm³/mol. The Bertz CT molecular complexity index is 1220. The number of rotatable bonds is 4. The van der Waals surface area contributed by atoms with Gasteiger partial charge in [-0.15, -0.1) is 0 Å². The number of amides is 1. The van der Waals surface area contributed by atoms with Crippen molar-refractivity contribution >= 4 is 34.2 Å². The molecule has 1 amide bonds. The zero-order chi connectivity index (χ0) is 22.1. The number of fused-ring (bicyclic) bond motifs is 1. The Balaban J connectivity index is 1.31. The summed E-state index contributed by atoms with van der Waals surface area (Å²) in [5.74, 6) is 1.74. The van der Waals surface area contributed by atoms with Crippen molar-refractivity contribution in [1.82, 2.24) is 19.7 Å². The number of aliphatic imine (C=N–C) groups is 1. The van der Waals surface area contributed by atoms with Crippen molar-refractivity contribution in [3.05, 3.63) is 60.1 Å². The normalized spacial score (nSPS) is 17.6. The molecular formula is C24H26N6O2. The number of ether oxygens (including phenoxy) is 1. The second-order valence-corrected chi connectivity index (χ2v) is 8.36. The summed E-state index contributed by atoms with van der Waals surface area (Å²) >= 11 is 0. The molecule has 0 unspecified atom stereocenters. The lowest BCUT2D eigenvalue weighted by Gasteiger charge is -2.28. The molecule has 2 aromatic heterocycles. The number of carbonyl (C=O) groups excluding carboxylic acids is 1. The van der Waals surface area contributed by atoms with Gasteiger partial charge < -0.3 is 15.0 Å². The molecule has 0 bridgehead atoms. The Hall–Kier alpha value is -3.52. The van der Waals surface area contributed by atoms with Crippen LogP contribution in [0.4, 0.5) is 5.82 Å². The highest BCUT2D eigenvalue weighted by molar-refractivity contribution is 6.04. The van der Waals surface area contributed by atoms with Crippen LogP contribution in [-0.2, 0) is 4.74 Å². The Labute approximate surface area is 186 Å². The summed E-state index contributed by atoms with van der Waals surface area (Å²) in [5, 5.41) is 9.30. The molecule has 2 aliphatic heterocycles. The summed E-state index contributed by atoms with van der Waals surface area (Å²) in [6.07, 6.45) is 9.27. The molecule has 0 radical (unpaired) electrons. The largest absolute Gasteiger partial charge is 0.443 e. The van der Waals surface area contributed by atoms with Crippen LogP contribution in [-0.4, -0.2) is 58.2 Å². The highest BCUT2D eigenvalue weighted by atomic mass is 16.5. The van der Waals surface area contributed by atoms with E-state index in [0.717, 1.165) is 48.0 Å². The van der Waals surface area contributed by atoms with Crippen LogP contribution in [0.1, 0.15) is 41.7 Å². The van der Waals surface area contributed by atoms with Gasteiger partial charge in [0.05, 0.1) is 24.3 Å². The number of nitrogens with zero attached hydrogens (tertiary/aromatic N) is 5. The highest BCUT2D eigenvalue weighted by Crippen LogP contribution is 2.25. The molecular weight excluding hydrogens is 404 g/mol. The second-order valence-electron chi connectivity index (χ2n) is 8.36. The number of nitrogens with one attached hydrogen (secondary N) is 1. The van der Waals surface area contributed by atoms with Gasteiger partial charge in [-0.1, -0.05) is 12.1 Å². The molecule has 1 saturated heterocycles. The van der Waals surface area contributed by atoms with E-state index in [4.69, 9.17) is 4.74 Å². The smallest absolute Gasteiger partial charge is 0.260 e. The van der Waals surface area contributed by atoms with Crippen molar-refractivity contribution in [1.29, 1.82) is 0 Å². The monoisotopic (exact) mass is 430 g/mol. The van der Waals surface area contributed by atoms with Crippen molar-refractivity contribution in [2.45, 2.75) is 25.8 Å². The molecule has 8 nitrogen and oxygen atoms in total. The van der Waals surface area contributed by atoms with Crippen LogP contribution in [0, 0.1) is 0 Å². The van der Waals surface area contributed by atoms with Crippen molar-refractivity contribution < 1.29 is 9.53 Å². The maximum absolute atomic E-state index is 12.8. The van der Waals surface area contributed by atoms with Crippen LogP contribution in [0.3, 0.4) is 0 Å². The lowest BCUT2D eigenvalue weighted by atomic mass is 10.1. The minimum Gasteiger partial charge on any atom is -0.443 e. The van der Waals surface area contributed by atoms with Gasteiger partial charge in [0, 0.05) is 30.3 Å². The van der Waals surface area contributed by atoms with E-state index in [1.54, 1.807) is 12.4 Å². The average Bonchev–Trinajstić information content (AvgIpc) is 3.30. The summed E-state index contributed by atoms with van der Waals surface area (Å²) in [5.41, 5.74) is 1.50. The Morgan fingerprint density at radius 1 is 1.16 bits per heavy atom. The number of likely N-dealkylation sites (tertiary alicyclic amines) is 1. The molecule has 3 aromatic rings. The van der Waals surface area contributed by atoms with Gasteiger partial charge in [-0.2, -0.15) is 5.10 Å². The lowest BCUT2D eigenvalue weighted by Crippen LogP contribution is -2.31. The zero-order valence-corrected chi connectivity index (χ0v) is 18.3. The first-order valence-electron chi connectivity index (χ1n) is 10.9. The van der Waals surface area contributed by atoms with Gasteiger partial charge in [-0.3, -0.25) is 14.5 Å². The molecule has 32 heavy (non-hydrogen) atoms. The first-order chi connectivity index (χ1) is 15.5. The number of hydrogen-bond donors (Lipinski definition) is 1. The molecule has 8 heteroatoms. The number of benzene rings is 1. The third kappa shape index (κ3) is 4.27. The number of carbonyl (C=O) groups is 1. The van der Waals surface area contributed by atoms with E-state index in [2.05, 4.69) is 32.3 Å². The van der Waals surface area contributed by atoms with Gasteiger partial charge in [0.25, 0.3) is 5.91 Å². The van der Waals surface area contributed by atoms with Gasteiger partial charge in [0.2, 0.25) is 0 Å². The number of piperidine rings is 1. The number of anilines is 1. The van der Waals surface area contributed by atoms with Crippen LogP contribution in [0.5, 0.6) is 0 Å². The van der Waals surface area contributed by atoms with Crippen molar-refractivity contribution in [3.8, 4) is 0 Å². The van der Waals surface area contributed by atoms with Gasteiger partial charge in [-0.05, 0) is 56.6 Å². The predicted octanol–water partition coefficient (Wildman–Crippen LogP) is 3.74. The fourth-order valence-electron chi connectivity index (χ4n) is 4.13. The molecule has 164 valence electrons. The summed E-state index contributed by atoms with van der Waals surface area (Å²) in [4.78, 5) is 23.7. The van der Waals surface area contributed by atoms with E-state index in [1.807, 2.05) is 48.1 Å². The first kappa shape index (κ1) is 20.4. The number of hydrogen-bond acceptors (Lipinski definition) is 6. The molecule has 0 aliphatic carbocycles. The maximum atomic E-state index is 12.8. The van der Waals surface area contributed by atoms with Crippen LogP contribution in [0.25, 0.3) is 16.5 Å². The quantitative estimate of drug-likeness (QED) is 0.682. The Kier molecular flexibility index (Phi) is 5.45. The van der Waals surface area contributed by atoms with Crippen molar-refractivity contribution in [2.24, 2.45) is 4.99 Å². The van der Waals surface area contributed by atoms with Crippen LogP contribution in [0.15, 0.2) is 53.9 Å². The number of pyridine rings is 1. The van der Waals surface area contributed by atoms with Gasteiger partial charge in [0.15, 0.2) is 5.90 Å². The van der Waals surface area contributed by atoms with Gasteiger partial charge >= 0.3 is 0 Å². The summed E-state index contributed by atoms with van der Waals surface area (Å²) in [6, 6.07) is 8.26. The zero-order valence-electron chi connectivity index (χ0n) is 18.3. The van der Waals surface area contributed by atoms with Crippen molar-refractivity contribution in [2.75, 3.05) is 32.0 Å². The highest BCUT2D eigenvalue weighted by Gasteiger charge is 2.20. The topological polar surface area (TPSA) is 84.6 Å². The van der Waals surface area contributed by atoms with E-state index >= 15 is 0 Å². The first-order valence-corrected chi connectivity index (χ1v) is 10.9. The minimum atomic E-state index is -0.211. The van der Waals surface area contributed by atoms with Crippen LogP contribution in [0.2, 0.25) is 0 Å². The molecule has 5 rings (SSSR count). The summed E-state index contributed by atoms with van der Waals surface area (Å²) in [7, 11) is 2.13. The third-order valence-corrected chi connectivity index (χ3v) is 6.02. The van der Waals surface area contributed by atoms with Gasteiger partial charge in [0.1, 0.15) is 11.6 Å². The summed E-state index contributed by atoms with van der Waals surface area (Å²) in [6.45, 7) is 4.55. The minimum absolute atomic E-state index is 0.211. The molecule has 1 aromatic carbocycles. The standard InChI is InChI=1S/C24H26N6O2/c1-16-25-8-5-22(32-16)17-3-4-18-13-26-23(12-19(18)11-17)28-24(31)20-14-27-30(15-20)21-6-9-29(2)10-7-21/h3-5,11-15,21H,6-10H2,1-2H3,(H,26,28,31). The maximum Gasteiger partial charge on any atom is 0.260 e. The van der Waals surface area contributed by atoms with Gasteiger partial charge in [-0.25, -0.2) is 4.98 Å². The van der Waals surface area contributed by atoms with E-state index in [0.29, 0.717) is 29.9 Å². The number of aromatic nitrogens is 3. The SMILES string of the molecule is CC1=NCC=C(c2ccc3cnc(NC(=O)c4cnn(C5CCN(C)CC5)c4)cc3c2)O1. The molecule has 4 heterocycles.